The summed E-state index contributed by atoms with van der Waals surface area (Å²) < 4.78 is 2.12. The number of nitrogens with two attached hydrogens (primary N) is 1. The smallest absolute Gasteiger partial charge is 0.195 e. The molecule has 0 bridgehead atoms. The normalized spacial score (nSPS) is 11.7. The van der Waals surface area contributed by atoms with Crippen molar-refractivity contribution < 1.29 is 0 Å². The van der Waals surface area contributed by atoms with Gasteiger partial charge in [-0.1, -0.05) is 13.8 Å². The lowest BCUT2D eigenvalue weighted by molar-refractivity contribution is 0.300. The Morgan fingerprint density at radius 2 is 1.95 bits per heavy atom. The number of hydrogen-bond donors (Lipinski definition) is 1. The van der Waals surface area contributed by atoms with E-state index in [2.05, 4.69) is 46.5 Å². The third-order valence-electron chi connectivity index (χ3n) is 4.01. The molecule has 0 spiro atoms. The molecule has 0 aliphatic carbocycles. The standard InChI is InChI=1S/C15H27N5S/c1-4-18(5-2)8-7-9-19(6-3)14-13(12-16)20-10-11-21-15(20)17-14/h10-11H,4-9,12,16H2,1-3H3. The summed E-state index contributed by atoms with van der Waals surface area (Å²) in [7, 11) is 0. The van der Waals surface area contributed by atoms with Crippen molar-refractivity contribution in [3.63, 3.8) is 0 Å². The number of hydrogen-bond acceptors (Lipinski definition) is 5. The monoisotopic (exact) mass is 309 g/mol. The van der Waals surface area contributed by atoms with Gasteiger partial charge in [-0.15, -0.1) is 11.3 Å². The zero-order valence-corrected chi connectivity index (χ0v) is 14.2. The van der Waals surface area contributed by atoms with E-state index in [1.807, 2.05) is 0 Å². The lowest BCUT2D eigenvalue weighted by Gasteiger charge is -2.24. The van der Waals surface area contributed by atoms with Gasteiger partial charge >= 0.3 is 0 Å². The summed E-state index contributed by atoms with van der Waals surface area (Å²) in [5.41, 5.74) is 7.06. The third kappa shape index (κ3) is 3.56. The number of imidazole rings is 1. The molecule has 2 rings (SSSR count). The van der Waals surface area contributed by atoms with E-state index in [-0.39, 0.29) is 0 Å². The minimum Gasteiger partial charge on any atom is -0.355 e. The van der Waals surface area contributed by atoms with Crippen molar-refractivity contribution in [3.8, 4) is 0 Å². The Morgan fingerprint density at radius 3 is 2.57 bits per heavy atom. The molecule has 5 nitrogen and oxygen atoms in total. The van der Waals surface area contributed by atoms with Crippen LogP contribution in [-0.4, -0.2) is 47.0 Å². The highest BCUT2D eigenvalue weighted by atomic mass is 32.1. The number of thiazole rings is 1. The summed E-state index contributed by atoms with van der Waals surface area (Å²) in [6, 6.07) is 0. The van der Waals surface area contributed by atoms with Crippen LogP contribution in [0.3, 0.4) is 0 Å². The zero-order valence-electron chi connectivity index (χ0n) is 13.4. The van der Waals surface area contributed by atoms with Gasteiger partial charge in [0.15, 0.2) is 10.8 Å². The summed E-state index contributed by atoms with van der Waals surface area (Å²) in [6.07, 6.45) is 3.22. The van der Waals surface area contributed by atoms with E-state index in [1.165, 1.54) is 0 Å². The topological polar surface area (TPSA) is 49.8 Å². The first kappa shape index (κ1) is 16.3. The summed E-state index contributed by atoms with van der Waals surface area (Å²) in [4.78, 5) is 10.6. The van der Waals surface area contributed by atoms with Crippen LogP contribution in [-0.2, 0) is 6.54 Å². The highest BCUT2D eigenvalue weighted by Crippen LogP contribution is 2.24. The van der Waals surface area contributed by atoms with E-state index in [0.29, 0.717) is 6.54 Å². The predicted octanol–water partition coefficient (Wildman–Crippen LogP) is 2.41. The van der Waals surface area contributed by atoms with Crippen LogP contribution < -0.4 is 10.6 Å². The first-order valence-electron chi connectivity index (χ1n) is 7.86. The molecule has 0 atom stereocenters. The fourth-order valence-corrected chi connectivity index (χ4v) is 3.43. The second-order valence-corrected chi connectivity index (χ2v) is 5.97. The maximum Gasteiger partial charge on any atom is 0.195 e. The largest absolute Gasteiger partial charge is 0.355 e. The lowest BCUT2D eigenvalue weighted by atomic mass is 10.3. The molecule has 118 valence electrons. The van der Waals surface area contributed by atoms with Crippen molar-refractivity contribution in [1.29, 1.82) is 0 Å². The third-order valence-corrected chi connectivity index (χ3v) is 4.77. The first-order valence-corrected chi connectivity index (χ1v) is 8.74. The molecular weight excluding hydrogens is 282 g/mol. The number of rotatable bonds is 9. The van der Waals surface area contributed by atoms with E-state index >= 15 is 0 Å². The molecular formula is C15H27N5S. The molecule has 0 saturated carbocycles. The van der Waals surface area contributed by atoms with Crippen molar-refractivity contribution >= 4 is 22.1 Å². The summed E-state index contributed by atoms with van der Waals surface area (Å²) >= 11 is 1.66. The Morgan fingerprint density at radius 1 is 1.19 bits per heavy atom. The van der Waals surface area contributed by atoms with Gasteiger partial charge < -0.3 is 15.5 Å². The number of anilines is 1. The Labute approximate surface area is 131 Å². The van der Waals surface area contributed by atoms with Gasteiger partial charge in [-0.3, -0.25) is 4.40 Å². The Bertz CT molecular complexity index is 543. The SMILES string of the molecule is CCN(CC)CCCN(CC)c1nc2sccn2c1CN. The van der Waals surface area contributed by atoms with Crippen molar-refractivity contribution in [2.75, 3.05) is 37.6 Å². The second-order valence-electron chi connectivity index (χ2n) is 5.10. The molecule has 2 aromatic rings. The summed E-state index contributed by atoms with van der Waals surface area (Å²) in [6.45, 7) is 12.5. The van der Waals surface area contributed by atoms with Gasteiger partial charge in [0.05, 0.1) is 5.69 Å². The van der Waals surface area contributed by atoms with Crippen LogP contribution in [0.4, 0.5) is 5.82 Å². The van der Waals surface area contributed by atoms with Crippen LogP contribution >= 0.6 is 11.3 Å². The summed E-state index contributed by atoms with van der Waals surface area (Å²) in [5.74, 6) is 1.06. The molecule has 0 aliphatic heterocycles. The molecule has 0 fully saturated rings. The van der Waals surface area contributed by atoms with Crippen molar-refractivity contribution in [3.05, 3.63) is 17.3 Å². The van der Waals surface area contributed by atoms with Crippen LogP contribution in [0.5, 0.6) is 0 Å². The minimum atomic E-state index is 0.528. The molecule has 2 aromatic heterocycles. The molecule has 0 amide bonds. The Hall–Kier alpha value is -1.11. The lowest BCUT2D eigenvalue weighted by Crippen LogP contribution is -2.30. The first-order chi connectivity index (χ1) is 10.2. The fourth-order valence-electron chi connectivity index (χ4n) is 2.70. The van der Waals surface area contributed by atoms with Crippen LogP contribution in [0.25, 0.3) is 4.96 Å². The second kappa shape index (κ2) is 7.77. The molecule has 0 radical (unpaired) electrons. The molecule has 0 aliphatic rings. The van der Waals surface area contributed by atoms with Gasteiger partial charge in [0, 0.05) is 31.2 Å². The van der Waals surface area contributed by atoms with Gasteiger partial charge in [-0.2, -0.15) is 0 Å². The van der Waals surface area contributed by atoms with E-state index in [4.69, 9.17) is 10.7 Å². The van der Waals surface area contributed by atoms with E-state index < -0.39 is 0 Å². The maximum absolute atomic E-state index is 5.94. The van der Waals surface area contributed by atoms with Gasteiger partial charge in [0.2, 0.25) is 0 Å². The van der Waals surface area contributed by atoms with Crippen LogP contribution in [0.1, 0.15) is 32.9 Å². The highest BCUT2D eigenvalue weighted by molar-refractivity contribution is 7.15. The average Bonchev–Trinajstić information content (AvgIpc) is 3.08. The Balaban J connectivity index is 2.06. The van der Waals surface area contributed by atoms with Gasteiger partial charge in [0.1, 0.15) is 0 Å². The zero-order chi connectivity index (χ0) is 15.2. The molecule has 2 N–H and O–H groups in total. The number of fused-ring (bicyclic) bond motifs is 1. The Kier molecular flexibility index (Phi) is 6.02. The maximum atomic E-state index is 5.94. The van der Waals surface area contributed by atoms with Gasteiger partial charge in [-0.25, -0.2) is 4.98 Å². The van der Waals surface area contributed by atoms with E-state index in [1.54, 1.807) is 11.3 Å². The van der Waals surface area contributed by atoms with Crippen LogP contribution in [0.2, 0.25) is 0 Å². The molecule has 21 heavy (non-hydrogen) atoms. The quantitative estimate of drug-likeness (QED) is 0.773. The van der Waals surface area contributed by atoms with Crippen molar-refractivity contribution in [2.45, 2.75) is 33.7 Å². The molecule has 0 saturated heterocycles. The molecule has 0 unspecified atom stereocenters. The minimum absolute atomic E-state index is 0.528. The van der Waals surface area contributed by atoms with Crippen molar-refractivity contribution in [1.82, 2.24) is 14.3 Å². The van der Waals surface area contributed by atoms with E-state index in [0.717, 1.165) is 55.6 Å². The average molecular weight is 309 g/mol. The van der Waals surface area contributed by atoms with Gasteiger partial charge in [0.25, 0.3) is 0 Å². The fraction of sp³-hybridized carbons (Fsp3) is 0.667. The number of nitrogens with zero attached hydrogens (tertiary/aromatic N) is 4. The molecule has 6 heteroatoms. The predicted molar refractivity (Wildman–Crippen MR) is 91.3 cm³/mol. The summed E-state index contributed by atoms with van der Waals surface area (Å²) in [5, 5.41) is 2.06. The number of aromatic nitrogens is 2. The highest BCUT2D eigenvalue weighted by Gasteiger charge is 2.16. The van der Waals surface area contributed by atoms with E-state index in [9.17, 15) is 0 Å². The molecule has 0 aromatic carbocycles. The molecule has 2 heterocycles. The van der Waals surface area contributed by atoms with Crippen LogP contribution in [0.15, 0.2) is 11.6 Å². The van der Waals surface area contributed by atoms with Gasteiger partial charge in [-0.05, 0) is 33.0 Å². The van der Waals surface area contributed by atoms with Crippen molar-refractivity contribution in [2.24, 2.45) is 5.73 Å². The van der Waals surface area contributed by atoms with Crippen LogP contribution in [0, 0.1) is 0 Å².